The van der Waals surface area contributed by atoms with Crippen molar-refractivity contribution in [2.24, 2.45) is 0 Å². The predicted molar refractivity (Wildman–Crippen MR) is 77.7 cm³/mol. The minimum Gasteiger partial charge on any atom is -0.390 e. The van der Waals surface area contributed by atoms with Crippen LogP contribution < -0.4 is 10.2 Å². The van der Waals surface area contributed by atoms with Gasteiger partial charge < -0.3 is 20.1 Å². The zero-order valence-corrected chi connectivity index (χ0v) is 12.3. The van der Waals surface area contributed by atoms with E-state index in [0.717, 1.165) is 50.5 Å². The Bertz CT molecular complexity index is 398. The summed E-state index contributed by atoms with van der Waals surface area (Å²) in [6.45, 7) is 5.77. The van der Waals surface area contributed by atoms with Gasteiger partial charge in [0.15, 0.2) is 0 Å². The quantitative estimate of drug-likeness (QED) is 0.742. The van der Waals surface area contributed by atoms with Gasteiger partial charge in [-0.2, -0.15) is 0 Å². The van der Waals surface area contributed by atoms with Gasteiger partial charge in [-0.05, 0) is 19.8 Å². The number of piperidine rings is 1. The van der Waals surface area contributed by atoms with Crippen molar-refractivity contribution in [3.63, 3.8) is 0 Å². The summed E-state index contributed by atoms with van der Waals surface area (Å²) in [7, 11) is 1.69. The summed E-state index contributed by atoms with van der Waals surface area (Å²) >= 11 is 0. The first-order valence-corrected chi connectivity index (χ1v) is 7.09. The van der Waals surface area contributed by atoms with Gasteiger partial charge in [0.05, 0.1) is 12.2 Å². The van der Waals surface area contributed by atoms with Crippen LogP contribution in [-0.4, -0.2) is 54.0 Å². The molecule has 0 saturated carbocycles. The number of hydrogen-bond donors (Lipinski definition) is 2. The molecule has 2 rings (SSSR count). The standard InChI is InChI=1S/C14H24N4O2/c1-14(19)3-6-18(7-4-14)13-16-10-12(11-17-13)9-15-5-8-20-2/h10-11,15,19H,3-9H2,1-2H3. The Kier molecular flexibility index (Phi) is 5.28. The average Bonchev–Trinajstić information content (AvgIpc) is 2.45. The number of anilines is 1. The van der Waals surface area contributed by atoms with E-state index < -0.39 is 5.60 Å². The molecule has 2 heterocycles. The molecular formula is C14H24N4O2. The zero-order chi connectivity index (χ0) is 14.4. The molecule has 1 fully saturated rings. The number of aliphatic hydroxyl groups is 1. The highest BCUT2D eigenvalue weighted by Crippen LogP contribution is 2.23. The van der Waals surface area contributed by atoms with Crippen molar-refractivity contribution in [3.05, 3.63) is 18.0 Å². The molecule has 0 spiro atoms. The maximum absolute atomic E-state index is 9.94. The first kappa shape index (κ1) is 15.2. The van der Waals surface area contributed by atoms with Crippen molar-refractivity contribution in [1.82, 2.24) is 15.3 Å². The highest BCUT2D eigenvalue weighted by molar-refractivity contribution is 5.31. The molecule has 0 aliphatic carbocycles. The summed E-state index contributed by atoms with van der Waals surface area (Å²) in [5, 5.41) is 13.2. The fraction of sp³-hybridized carbons (Fsp3) is 0.714. The lowest BCUT2D eigenvalue weighted by molar-refractivity contribution is 0.0349. The molecule has 0 amide bonds. The normalized spacial score (nSPS) is 18.2. The molecule has 0 aromatic carbocycles. The van der Waals surface area contributed by atoms with Gasteiger partial charge in [0.25, 0.3) is 0 Å². The maximum atomic E-state index is 9.94. The largest absolute Gasteiger partial charge is 0.390 e. The third kappa shape index (κ3) is 4.40. The molecule has 1 aliphatic rings. The van der Waals surface area contributed by atoms with E-state index in [4.69, 9.17) is 4.74 Å². The molecule has 0 unspecified atom stereocenters. The van der Waals surface area contributed by atoms with Crippen molar-refractivity contribution in [1.29, 1.82) is 0 Å². The van der Waals surface area contributed by atoms with Gasteiger partial charge in [-0.3, -0.25) is 0 Å². The number of methoxy groups -OCH3 is 1. The Labute approximate surface area is 120 Å². The van der Waals surface area contributed by atoms with Crippen molar-refractivity contribution >= 4 is 5.95 Å². The van der Waals surface area contributed by atoms with Gasteiger partial charge in [-0.1, -0.05) is 0 Å². The highest BCUT2D eigenvalue weighted by atomic mass is 16.5. The van der Waals surface area contributed by atoms with Crippen LogP contribution in [0.15, 0.2) is 12.4 Å². The summed E-state index contributed by atoms with van der Waals surface area (Å²) in [4.78, 5) is 10.9. The Morgan fingerprint density at radius 2 is 2.00 bits per heavy atom. The smallest absolute Gasteiger partial charge is 0.225 e. The van der Waals surface area contributed by atoms with E-state index in [1.807, 2.05) is 19.3 Å². The Hall–Kier alpha value is -1.24. The number of ether oxygens (including phenoxy) is 1. The molecular weight excluding hydrogens is 256 g/mol. The second kappa shape index (κ2) is 6.97. The van der Waals surface area contributed by atoms with Crippen LogP contribution in [0.25, 0.3) is 0 Å². The number of nitrogens with one attached hydrogen (secondary N) is 1. The van der Waals surface area contributed by atoms with Crippen molar-refractivity contribution < 1.29 is 9.84 Å². The van der Waals surface area contributed by atoms with Crippen molar-refractivity contribution in [3.8, 4) is 0 Å². The summed E-state index contributed by atoms with van der Waals surface area (Å²) in [6.07, 6.45) is 5.23. The fourth-order valence-electron chi connectivity index (χ4n) is 2.20. The number of hydrogen-bond acceptors (Lipinski definition) is 6. The topological polar surface area (TPSA) is 70.5 Å². The Morgan fingerprint density at radius 3 is 2.60 bits per heavy atom. The molecule has 20 heavy (non-hydrogen) atoms. The molecule has 0 radical (unpaired) electrons. The third-order valence-corrected chi connectivity index (χ3v) is 3.63. The SMILES string of the molecule is COCCNCc1cnc(N2CCC(C)(O)CC2)nc1. The number of aromatic nitrogens is 2. The lowest BCUT2D eigenvalue weighted by Crippen LogP contribution is -2.43. The minimum atomic E-state index is -0.540. The summed E-state index contributed by atoms with van der Waals surface area (Å²) in [6, 6.07) is 0. The van der Waals surface area contributed by atoms with E-state index >= 15 is 0 Å². The molecule has 0 bridgehead atoms. The van der Waals surface area contributed by atoms with Crippen LogP contribution in [0.3, 0.4) is 0 Å². The minimum absolute atomic E-state index is 0.540. The van der Waals surface area contributed by atoms with Crippen molar-refractivity contribution in [2.75, 3.05) is 38.3 Å². The number of rotatable bonds is 6. The maximum Gasteiger partial charge on any atom is 0.225 e. The van der Waals surface area contributed by atoms with Crippen LogP contribution in [-0.2, 0) is 11.3 Å². The van der Waals surface area contributed by atoms with Crippen LogP contribution in [0, 0.1) is 0 Å². The molecule has 6 heteroatoms. The van der Waals surface area contributed by atoms with Gasteiger partial charge in [-0.25, -0.2) is 9.97 Å². The van der Waals surface area contributed by atoms with E-state index in [9.17, 15) is 5.11 Å². The summed E-state index contributed by atoms with van der Waals surface area (Å²) < 4.78 is 4.97. The monoisotopic (exact) mass is 280 g/mol. The van der Waals surface area contributed by atoms with E-state index in [1.54, 1.807) is 7.11 Å². The van der Waals surface area contributed by atoms with Crippen LogP contribution in [0.4, 0.5) is 5.95 Å². The van der Waals surface area contributed by atoms with E-state index in [0.29, 0.717) is 6.61 Å². The average molecular weight is 280 g/mol. The fourth-order valence-corrected chi connectivity index (χ4v) is 2.20. The molecule has 1 saturated heterocycles. The van der Waals surface area contributed by atoms with Gasteiger partial charge in [0.1, 0.15) is 0 Å². The Balaban J connectivity index is 1.82. The van der Waals surface area contributed by atoms with Crippen LogP contribution in [0.2, 0.25) is 0 Å². The second-order valence-corrected chi connectivity index (χ2v) is 5.54. The third-order valence-electron chi connectivity index (χ3n) is 3.63. The molecule has 1 aromatic rings. The van der Waals surface area contributed by atoms with Crippen LogP contribution in [0.1, 0.15) is 25.3 Å². The number of nitrogens with zero attached hydrogens (tertiary/aromatic N) is 3. The van der Waals surface area contributed by atoms with E-state index in [-0.39, 0.29) is 0 Å². The van der Waals surface area contributed by atoms with Gasteiger partial charge >= 0.3 is 0 Å². The molecule has 2 N–H and O–H groups in total. The van der Waals surface area contributed by atoms with Gasteiger partial charge in [-0.15, -0.1) is 0 Å². The second-order valence-electron chi connectivity index (χ2n) is 5.54. The van der Waals surface area contributed by atoms with Crippen molar-refractivity contribution in [2.45, 2.75) is 31.9 Å². The van der Waals surface area contributed by atoms with E-state index in [2.05, 4.69) is 20.2 Å². The lowest BCUT2D eigenvalue weighted by atomic mass is 9.94. The van der Waals surface area contributed by atoms with Crippen LogP contribution >= 0.6 is 0 Å². The molecule has 6 nitrogen and oxygen atoms in total. The van der Waals surface area contributed by atoms with Gasteiger partial charge in [0, 0.05) is 51.2 Å². The van der Waals surface area contributed by atoms with E-state index in [1.165, 1.54) is 0 Å². The molecule has 1 aliphatic heterocycles. The Morgan fingerprint density at radius 1 is 1.35 bits per heavy atom. The van der Waals surface area contributed by atoms with Crippen LogP contribution in [0.5, 0.6) is 0 Å². The molecule has 1 aromatic heterocycles. The first-order valence-electron chi connectivity index (χ1n) is 7.09. The summed E-state index contributed by atoms with van der Waals surface area (Å²) in [5.74, 6) is 0.751. The lowest BCUT2D eigenvalue weighted by Gasteiger charge is -2.35. The summed E-state index contributed by atoms with van der Waals surface area (Å²) in [5.41, 5.74) is 0.524. The zero-order valence-electron chi connectivity index (χ0n) is 12.3. The van der Waals surface area contributed by atoms with Gasteiger partial charge in [0.2, 0.25) is 5.95 Å². The molecule has 0 atom stereocenters. The first-order chi connectivity index (χ1) is 9.61. The molecule has 112 valence electrons. The predicted octanol–water partition coefficient (Wildman–Crippen LogP) is 0.564. The highest BCUT2D eigenvalue weighted by Gasteiger charge is 2.28.